The van der Waals surface area contributed by atoms with E-state index in [9.17, 15) is 9.59 Å². The number of likely N-dealkylation sites (N-methyl/N-ethyl adjacent to an activating group) is 2. The first-order valence-corrected chi connectivity index (χ1v) is 8.59. The van der Waals surface area contributed by atoms with Crippen LogP contribution in [0.5, 0.6) is 0 Å². The molecule has 2 rings (SSSR count). The summed E-state index contributed by atoms with van der Waals surface area (Å²) in [5, 5.41) is 3.03. The first-order chi connectivity index (χ1) is 10.7. The highest BCUT2D eigenvalue weighted by atomic mass is 16.2. The quantitative estimate of drug-likeness (QED) is 0.634. The van der Waals surface area contributed by atoms with Crippen LogP contribution >= 0.6 is 0 Å². The van der Waals surface area contributed by atoms with E-state index in [0.29, 0.717) is 0 Å². The van der Waals surface area contributed by atoms with Gasteiger partial charge in [-0.2, -0.15) is 0 Å². The highest BCUT2D eigenvalue weighted by molar-refractivity contribution is 5.81. The number of amides is 2. The summed E-state index contributed by atoms with van der Waals surface area (Å²) >= 11 is 0. The first kappa shape index (κ1) is 18.2. The van der Waals surface area contributed by atoms with Gasteiger partial charge in [-0.1, -0.05) is 0 Å². The highest BCUT2D eigenvalue weighted by Gasteiger charge is 2.28. The van der Waals surface area contributed by atoms with Crippen LogP contribution in [0.1, 0.15) is 0 Å². The molecule has 0 aromatic rings. The predicted octanol–water partition coefficient (Wildman–Crippen LogP) is -1.59. The van der Waals surface area contributed by atoms with E-state index in [-0.39, 0.29) is 24.9 Å². The van der Waals surface area contributed by atoms with Crippen molar-refractivity contribution in [1.82, 2.24) is 15.1 Å². The van der Waals surface area contributed by atoms with Gasteiger partial charge in [0.2, 0.25) is 11.8 Å². The molecule has 2 aliphatic heterocycles. The molecule has 0 bridgehead atoms. The van der Waals surface area contributed by atoms with Crippen LogP contribution in [0.4, 0.5) is 0 Å². The van der Waals surface area contributed by atoms with Gasteiger partial charge >= 0.3 is 0 Å². The van der Waals surface area contributed by atoms with Gasteiger partial charge < -0.3 is 18.8 Å². The molecule has 0 aromatic heterocycles. The van der Waals surface area contributed by atoms with Crippen LogP contribution in [0.3, 0.4) is 0 Å². The Balaban J connectivity index is 1.65. The van der Waals surface area contributed by atoms with Crippen LogP contribution in [0.15, 0.2) is 0 Å². The molecule has 2 saturated heterocycles. The standard InChI is InChI=1S/C16H33N5O2/c1-20(2)9-5-18(6-10-20)15(22)13-17-14-16(23)19-7-11-21(3,4)12-8-19/h17H,5-14H2,1-4H3/q+2. The van der Waals surface area contributed by atoms with Gasteiger partial charge in [0.1, 0.15) is 0 Å². The SMILES string of the molecule is C[N+]1(C)CCN(C(=O)CNCC(=O)N2CC[N+](C)(C)CC2)CC1. The third-order valence-corrected chi connectivity index (χ3v) is 5.16. The second-order valence-electron chi connectivity index (χ2n) is 8.13. The summed E-state index contributed by atoms with van der Waals surface area (Å²) in [4.78, 5) is 28.2. The van der Waals surface area contributed by atoms with Crippen molar-refractivity contribution in [2.24, 2.45) is 0 Å². The van der Waals surface area contributed by atoms with E-state index in [4.69, 9.17) is 0 Å². The molecule has 0 radical (unpaired) electrons. The molecule has 2 aliphatic rings. The lowest BCUT2D eigenvalue weighted by Crippen LogP contribution is -2.58. The zero-order valence-corrected chi connectivity index (χ0v) is 15.2. The lowest BCUT2D eigenvalue weighted by molar-refractivity contribution is -0.894. The number of nitrogens with zero attached hydrogens (tertiary/aromatic N) is 4. The number of carbonyl (C=O) groups excluding carboxylic acids is 2. The average Bonchev–Trinajstić information content (AvgIpc) is 2.46. The van der Waals surface area contributed by atoms with Crippen molar-refractivity contribution in [2.75, 3.05) is 93.6 Å². The Labute approximate surface area is 140 Å². The molecule has 7 nitrogen and oxygen atoms in total. The number of hydrogen-bond donors (Lipinski definition) is 1. The average molecular weight is 327 g/mol. The summed E-state index contributed by atoms with van der Waals surface area (Å²) in [7, 11) is 8.77. The van der Waals surface area contributed by atoms with Crippen molar-refractivity contribution in [2.45, 2.75) is 0 Å². The molecular weight excluding hydrogens is 294 g/mol. The maximum atomic E-state index is 12.2. The molecule has 0 atom stereocenters. The van der Waals surface area contributed by atoms with Gasteiger partial charge in [-0.25, -0.2) is 0 Å². The van der Waals surface area contributed by atoms with E-state index < -0.39 is 0 Å². The van der Waals surface area contributed by atoms with Gasteiger partial charge in [-0.15, -0.1) is 0 Å². The smallest absolute Gasteiger partial charge is 0.236 e. The summed E-state index contributed by atoms with van der Waals surface area (Å²) in [6.07, 6.45) is 0. The minimum atomic E-state index is 0.106. The third kappa shape index (κ3) is 5.44. The Morgan fingerprint density at radius 3 is 1.35 bits per heavy atom. The Kier molecular flexibility index (Phi) is 5.65. The number of nitrogens with one attached hydrogen (secondary N) is 1. The molecule has 2 amide bonds. The number of quaternary nitrogens is 2. The number of piperazine rings is 2. The molecule has 2 fully saturated rings. The second-order valence-corrected chi connectivity index (χ2v) is 8.13. The Morgan fingerprint density at radius 2 is 1.04 bits per heavy atom. The van der Waals surface area contributed by atoms with Gasteiger partial charge in [0.05, 0.1) is 93.6 Å². The lowest BCUT2D eigenvalue weighted by atomic mass is 10.2. The number of rotatable bonds is 4. The Bertz CT molecular complexity index is 390. The molecule has 7 heteroatoms. The van der Waals surface area contributed by atoms with Crippen molar-refractivity contribution in [3.8, 4) is 0 Å². The largest absolute Gasteiger partial charge is 0.330 e. The highest BCUT2D eigenvalue weighted by Crippen LogP contribution is 2.07. The van der Waals surface area contributed by atoms with E-state index in [1.807, 2.05) is 9.80 Å². The number of carbonyl (C=O) groups is 2. The van der Waals surface area contributed by atoms with Gasteiger partial charge in [-0.05, 0) is 0 Å². The zero-order valence-electron chi connectivity index (χ0n) is 15.2. The lowest BCUT2D eigenvalue weighted by Gasteiger charge is -2.39. The fourth-order valence-electron chi connectivity index (χ4n) is 3.01. The fourth-order valence-corrected chi connectivity index (χ4v) is 3.01. The Hall–Kier alpha value is -1.18. The molecule has 0 aromatic carbocycles. The van der Waals surface area contributed by atoms with Crippen molar-refractivity contribution in [1.29, 1.82) is 0 Å². The minimum Gasteiger partial charge on any atom is -0.330 e. The van der Waals surface area contributed by atoms with Gasteiger partial charge in [-0.3, -0.25) is 14.9 Å². The molecule has 1 N–H and O–H groups in total. The van der Waals surface area contributed by atoms with Crippen molar-refractivity contribution in [3.63, 3.8) is 0 Å². The van der Waals surface area contributed by atoms with Crippen molar-refractivity contribution in [3.05, 3.63) is 0 Å². The minimum absolute atomic E-state index is 0.106. The topological polar surface area (TPSA) is 52.7 Å². The van der Waals surface area contributed by atoms with Crippen molar-refractivity contribution >= 4 is 11.8 Å². The van der Waals surface area contributed by atoms with E-state index in [1.54, 1.807) is 0 Å². The van der Waals surface area contributed by atoms with Crippen LogP contribution in [0.25, 0.3) is 0 Å². The summed E-state index contributed by atoms with van der Waals surface area (Å²) in [6.45, 7) is 7.71. The van der Waals surface area contributed by atoms with E-state index in [1.165, 1.54) is 0 Å². The summed E-state index contributed by atoms with van der Waals surface area (Å²) in [6, 6.07) is 0. The number of hydrogen-bond acceptors (Lipinski definition) is 3. The summed E-state index contributed by atoms with van der Waals surface area (Å²) < 4.78 is 1.94. The second kappa shape index (κ2) is 7.15. The van der Waals surface area contributed by atoms with Gasteiger partial charge in [0.25, 0.3) is 0 Å². The van der Waals surface area contributed by atoms with Crippen molar-refractivity contribution < 1.29 is 18.6 Å². The third-order valence-electron chi connectivity index (χ3n) is 5.16. The van der Waals surface area contributed by atoms with Crippen LogP contribution in [-0.2, 0) is 9.59 Å². The van der Waals surface area contributed by atoms with E-state index >= 15 is 0 Å². The predicted molar refractivity (Wildman–Crippen MR) is 89.7 cm³/mol. The fraction of sp³-hybridized carbons (Fsp3) is 0.875. The zero-order chi connectivity index (χ0) is 17.1. The maximum absolute atomic E-state index is 12.2. The molecule has 0 unspecified atom stereocenters. The molecule has 0 aliphatic carbocycles. The van der Waals surface area contributed by atoms with E-state index in [0.717, 1.165) is 61.3 Å². The summed E-state index contributed by atoms with van der Waals surface area (Å²) in [5.74, 6) is 0.211. The van der Waals surface area contributed by atoms with Crippen LogP contribution < -0.4 is 5.32 Å². The first-order valence-electron chi connectivity index (χ1n) is 8.59. The molecular formula is C16H33N5O2+2. The molecule has 132 valence electrons. The normalized spacial score (nSPS) is 23.7. The van der Waals surface area contributed by atoms with Gasteiger partial charge in [0, 0.05) is 0 Å². The maximum Gasteiger partial charge on any atom is 0.236 e. The van der Waals surface area contributed by atoms with Crippen LogP contribution in [0, 0.1) is 0 Å². The van der Waals surface area contributed by atoms with Crippen LogP contribution in [0.2, 0.25) is 0 Å². The molecule has 0 spiro atoms. The molecule has 23 heavy (non-hydrogen) atoms. The molecule has 0 saturated carbocycles. The monoisotopic (exact) mass is 327 g/mol. The van der Waals surface area contributed by atoms with E-state index in [2.05, 4.69) is 33.5 Å². The molecule has 2 heterocycles. The Morgan fingerprint density at radius 1 is 0.739 bits per heavy atom. The summed E-state index contributed by atoms with van der Waals surface area (Å²) in [5.41, 5.74) is 0. The van der Waals surface area contributed by atoms with Crippen LogP contribution in [-0.4, -0.2) is 124 Å². The van der Waals surface area contributed by atoms with Gasteiger partial charge in [0.15, 0.2) is 0 Å².